The molecule has 56 valence electrons. The molecule has 1 aliphatic carbocycles. The molecule has 0 bridgehead atoms. The maximum atomic E-state index is 5.47. The minimum atomic E-state index is -0.0295. The highest BCUT2D eigenvalue weighted by Crippen LogP contribution is 2.29. The first-order valence-corrected chi connectivity index (χ1v) is 3.81. The minimum Gasteiger partial charge on any atom is -0.352 e. The Balaban J connectivity index is 2.11. The van der Waals surface area contributed by atoms with Gasteiger partial charge in [-0.2, -0.15) is 0 Å². The van der Waals surface area contributed by atoms with Gasteiger partial charge in [0.1, 0.15) is 12.4 Å². The van der Waals surface area contributed by atoms with Crippen LogP contribution in [0.2, 0.25) is 0 Å². The number of ether oxygens (including phenoxy) is 2. The molecular weight excluding hydrogens is 128 g/mol. The Bertz CT molecular complexity index is 145. The zero-order chi connectivity index (χ0) is 6.86. The highest BCUT2D eigenvalue weighted by atomic mass is 16.7. The molecule has 2 rings (SSSR count). The first kappa shape index (κ1) is 6.38. The van der Waals surface area contributed by atoms with Crippen LogP contribution in [0, 0.1) is 0 Å². The van der Waals surface area contributed by atoms with E-state index >= 15 is 0 Å². The summed E-state index contributed by atoms with van der Waals surface area (Å²) in [6.07, 6.45) is 7.91. The summed E-state index contributed by atoms with van der Waals surface area (Å²) in [5, 5.41) is 0. The van der Waals surface area contributed by atoms with Crippen LogP contribution < -0.4 is 0 Å². The lowest BCUT2D eigenvalue weighted by atomic mass is 9.92. The van der Waals surface area contributed by atoms with E-state index in [0.717, 1.165) is 13.0 Å². The van der Waals surface area contributed by atoms with Crippen molar-refractivity contribution in [3.63, 3.8) is 0 Å². The highest BCUT2D eigenvalue weighted by Gasteiger charge is 2.33. The average Bonchev–Trinajstić information content (AvgIpc) is 2.39. The minimum absolute atomic E-state index is 0.0295. The van der Waals surface area contributed by atoms with Crippen molar-refractivity contribution in [2.75, 3.05) is 13.4 Å². The zero-order valence-corrected chi connectivity index (χ0v) is 6.01. The smallest absolute Gasteiger partial charge is 0.148 e. The second kappa shape index (κ2) is 2.36. The van der Waals surface area contributed by atoms with Gasteiger partial charge in [-0.15, -0.1) is 0 Å². The Morgan fingerprint density at radius 3 is 3.00 bits per heavy atom. The van der Waals surface area contributed by atoms with Crippen LogP contribution in [-0.4, -0.2) is 19.0 Å². The largest absolute Gasteiger partial charge is 0.352 e. The molecule has 10 heavy (non-hydrogen) atoms. The molecule has 1 fully saturated rings. The van der Waals surface area contributed by atoms with Crippen molar-refractivity contribution >= 4 is 0 Å². The van der Waals surface area contributed by atoms with Gasteiger partial charge >= 0.3 is 0 Å². The predicted octanol–water partition coefficient (Wildman–Crippen LogP) is 1.47. The Kier molecular flexibility index (Phi) is 1.51. The van der Waals surface area contributed by atoms with Gasteiger partial charge in [-0.3, -0.25) is 0 Å². The van der Waals surface area contributed by atoms with Crippen LogP contribution in [0.5, 0.6) is 0 Å². The van der Waals surface area contributed by atoms with Gasteiger partial charge in [-0.1, -0.05) is 12.2 Å². The molecule has 2 nitrogen and oxygen atoms in total. The van der Waals surface area contributed by atoms with Gasteiger partial charge in [-0.25, -0.2) is 0 Å². The summed E-state index contributed by atoms with van der Waals surface area (Å²) in [6.45, 7) is 1.23. The van der Waals surface area contributed by atoms with Crippen LogP contribution in [0.25, 0.3) is 0 Å². The van der Waals surface area contributed by atoms with Gasteiger partial charge in [0.25, 0.3) is 0 Å². The summed E-state index contributed by atoms with van der Waals surface area (Å²) in [7, 11) is 0. The lowest BCUT2D eigenvalue weighted by molar-refractivity contribution is 0.0106. The molecule has 1 heterocycles. The monoisotopic (exact) mass is 140 g/mol. The van der Waals surface area contributed by atoms with E-state index in [1.165, 1.54) is 12.8 Å². The Hall–Kier alpha value is -0.340. The van der Waals surface area contributed by atoms with E-state index in [1.807, 2.05) is 0 Å². The topological polar surface area (TPSA) is 18.5 Å². The van der Waals surface area contributed by atoms with Crippen LogP contribution >= 0.6 is 0 Å². The summed E-state index contributed by atoms with van der Waals surface area (Å²) in [5.41, 5.74) is -0.0295. The number of hydrogen-bond donors (Lipinski definition) is 0. The van der Waals surface area contributed by atoms with Gasteiger partial charge in [0.2, 0.25) is 0 Å². The average molecular weight is 140 g/mol. The fraction of sp³-hybridized carbons (Fsp3) is 0.750. The van der Waals surface area contributed by atoms with Gasteiger partial charge < -0.3 is 9.47 Å². The van der Waals surface area contributed by atoms with Crippen molar-refractivity contribution in [1.82, 2.24) is 0 Å². The van der Waals surface area contributed by atoms with E-state index in [4.69, 9.17) is 9.47 Å². The summed E-state index contributed by atoms with van der Waals surface area (Å²) >= 11 is 0. The van der Waals surface area contributed by atoms with E-state index in [9.17, 15) is 0 Å². The SMILES string of the molecule is C1=CC2(CCC1)COCO2. The van der Waals surface area contributed by atoms with Crippen LogP contribution in [0.15, 0.2) is 12.2 Å². The predicted molar refractivity (Wildman–Crippen MR) is 37.6 cm³/mol. The number of allylic oxidation sites excluding steroid dienone is 1. The van der Waals surface area contributed by atoms with Gasteiger partial charge in [0.05, 0.1) is 6.61 Å². The standard InChI is InChI=1S/C8H12O2/c1-2-4-8(5-3-1)6-9-7-10-8/h2,4H,1,3,5-7H2. The fourth-order valence-electron chi connectivity index (χ4n) is 1.56. The van der Waals surface area contributed by atoms with E-state index in [2.05, 4.69) is 12.2 Å². The highest BCUT2D eigenvalue weighted by molar-refractivity contribution is 5.07. The third kappa shape index (κ3) is 0.976. The van der Waals surface area contributed by atoms with Crippen molar-refractivity contribution in [3.05, 3.63) is 12.2 Å². The van der Waals surface area contributed by atoms with Crippen molar-refractivity contribution in [2.45, 2.75) is 24.9 Å². The Morgan fingerprint density at radius 1 is 1.40 bits per heavy atom. The maximum absolute atomic E-state index is 5.47. The lowest BCUT2D eigenvalue weighted by Gasteiger charge is -2.25. The summed E-state index contributed by atoms with van der Waals surface area (Å²) in [5.74, 6) is 0. The fourth-order valence-corrected chi connectivity index (χ4v) is 1.56. The second-order valence-electron chi connectivity index (χ2n) is 2.97. The quantitative estimate of drug-likeness (QED) is 0.474. The van der Waals surface area contributed by atoms with Gasteiger partial charge in [-0.05, 0) is 19.3 Å². The Morgan fingerprint density at radius 2 is 2.40 bits per heavy atom. The second-order valence-corrected chi connectivity index (χ2v) is 2.97. The molecule has 0 aromatic rings. The van der Waals surface area contributed by atoms with E-state index in [1.54, 1.807) is 0 Å². The molecule has 2 aliphatic rings. The molecule has 1 atom stereocenters. The van der Waals surface area contributed by atoms with Crippen molar-refractivity contribution in [2.24, 2.45) is 0 Å². The molecule has 0 radical (unpaired) electrons. The normalized spacial score (nSPS) is 39.2. The number of rotatable bonds is 0. The van der Waals surface area contributed by atoms with Crippen molar-refractivity contribution in [3.8, 4) is 0 Å². The molecule has 0 saturated carbocycles. The van der Waals surface area contributed by atoms with Gasteiger partial charge in [0, 0.05) is 0 Å². The molecule has 0 aromatic carbocycles. The molecule has 2 heteroatoms. The van der Waals surface area contributed by atoms with E-state index in [0.29, 0.717) is 6.79 Å². The first-order chi connectivity index (χ1) is 4.91. The number of hydrogen-bond acceptors (Lipinski definition) is 2. The van der Waals surface area contributed by atoms with Gasteiger partial charge in [0.15, 0.2) is 0 Å². The van der Waals surface area contributed by atoms with Crippen molar-refractivity contribution in [1.29, 1.82) is 0 Å². The zero-order valence-electron chi connectivity index (χ0n) is 6.01. The summed E-state index contributed by atoms with van der Waals surface area (Å²) in [6, 6.07) is 0. The lowest BCUT2D eigenvalue weighted by Crippen LogP contribution is -2.30. The molecule has 0 amide bonds. The van der Waals surface area contributed by atoms with Crippen LogP contribution in [0.4, 0.5) is 0 Å². The summed E-state index contributed by atoms with van der Waals surface area (Å²) < 4.78 is 10.6. The molecular formula is C8H12O2. The maximum Gasteiger partial charge on any atom is 0.148 e. The summed E-state index contributed by atoms with van der Waals surface area (Å²) in [4.78, 5) is 0. The molecule has 1 unspecified atom stereocenters. The molecule has 0 N–H and O–H groups in total. The van der Waals surface area contributed by atoms with E-state index in [-0.39, 0.29) is 5.60 Å². The van der Waals surface area contributed by atoms with E-state index < -0.39 is 0 Å². The molecule has 1 saturated heterocycles. The van der Waals surface area contributed by atoms with Crippen LogP contribution in [-0.2, 0) is 9.47 Å². The molecule has 1 aliphatic heterocycles. The van der Waals surface area contributed by atoms with Crippen LogP contribution in [0.1, 0.15) is 19.3 Å². The third-order valence-electron chi connectivity index (χ3n) is 2.17. The molecule has 1 spiro atoms. The van der Waals surface area contributed by atoms with Crippen molar-refractivity contribution < 1.29 is 9.47 Å². The van der Waals surface area contributed by atoms with Crippen LogP contribution in [0.3, 0.4) is 0 Å². The first-order valence-electron chi connectivity index (χ1n) is 3.81. The molecule has 0 aromatic heterocycles. The third-order valence-corrected chi connectivity index (χ3v) is 2.17. The Labute approximate surface area is 60.8 Å².